The Kier molecular flexibility index (Phi) is 4.89. The molecule has 122 valence electrons. The number of fused-ring (bicyclic) bond motifs is 1. The summed E-state index contributed by atoms with van der Waals surface area (Å²) in [5.41, 5.74) is 1.58. The van der Waals surface area contributed by atoms with Crippen molar-refractivity contribution in [2.75, 3.05) is 6.61 Å². The highest BCUT2D eigenvalue weighted by Gasteiger charge is 2.52. The molecule has 0 radical (unpaired) electrons. The van der Waals surface area contributed by atoms with Gasteiger partial charge in [0.1, 0.15) is 0 Å². The number of benzene rings is 1. The van der Waals surface area contributed by atoms with Crippen molar-refractivity contribution in [2.24, 2.45) is 23.2 Å². The quantitative estimate of drug-likeness (QED) is 0.872. The molecule has 2 heteroatoms. The highest BCUT2D eigenvalue weighted by atomic mass is 16.5. The molecule has 2 aliphatic carbocycles. The number of rotatable bonds is 5. The zero-order chi connectivity index (χ0) is 15.6. The molecular weight excluding hydrogens is 272 g/mol. The molecule has 0 saturated heterocycles. The molecular formula is C20H30O2. The minimum atomic E-state index is -0.0683. The van der Waals surface area contributed by atoms with Crippen molar-refractivity contribution < 1.29 is 9.84 Å². The van der Waals surface area contributed by atoms with Gasteiger partial charge in [-0.25, -0.2) is 0 Å². The summed E-state index contributed by atoms with van der Waals surface area (Å²) >= 11 is 0. The minimum absolute atomic E-state index is 0.0683. The number of aliphatic hydroxyl groups is 1. The summed E-state index contributed by atoms with van der Waals surface area (Å²) in [6.45, 7) is 6.30. The molecule has 2 aliphatic rings. The van der Waals surface area contributed by atoms with E-state index in [1.165, 1.54) is 31.2 Å². The Balaban J connectivity index is 1.55. The third-order valence-electron chi connectivity index (χ3n) is 6.34. The molecule has 22 heavy (non-hydrogen) atoms. The second kappa shape index (κ2) is 6.72. The first-order valence-corrected chi connectivity index (χ1v) is 8.91. The van der Waals surface area contributed by atoms with Gasteiger partial charge in [0, 0.05) is 6.61 Å². The topological polar surface area (TPSA) is 29.5 Å². The summed E-state index contributed by atoms with van der Waals surface area (Å²) in [6, 6.07) is 10.4. The van der Waals surface area contributed by atoms with E-state index in [2.05, 4.69) is 38.1 Å². The van der Waals surface area contributed by atoms with Crippen LogP contribution in [0.4, 0.5) is 0 Å². The summed E-state index contributed by atoms with van der Waals surface area (Å²) in [4.78, 5) is 0. The lowest BCUT2D eigenvalue weighted by Crippen LogP contribution is -2.42. The third-order valence-corrected chi connectivity index (χ3v) is 6.34. The summed E-state index contributed by atoms with van der Waals surface area (Å²) in [6.07, 6.45) is 5.86. The SMILES string of the molecule is C[C@H](COCc1ccccc1)[C@H]1CC[C@H]2[C@@H](O)CCC[C@]12C. The van der Waals surface area contributed by atoms with Crippen LogP contribution in [-0.4, -0.2) is 17.8 Å². The average molecular weight is 302 g/mol. The first kappa shape index (κ1) is 16.0. The third kappa shape index (κ3) is 3.09. The smallest absolute Gasteiger partial charge is 0.0717 e. The molecule has 5 atom stereocenters. The van der Waals surface area contributed by atoms with Crippen molar-refractivity contribution in [3.63, 3.8) is 0 Å². The fourth-order valence-corrected chi connectivity index (χ4v) is 5.18. The molecule has 3 rings (SSSR count). The fourth-order valence-electron chi connectivity index (χ4n) is 5.18. The predicted molar refractivity (Wildman–Crippen MR) is 89.4 cm³/mol. The van der Waals surface area contributed by atoms with E-state index in [0.717, 1.165) is 13.0 Å². The molecule has 0 aromatic heterocycles. The molecule has 2 fully saturated rings. The average Bonchev–Trinajstić information content (AvgIpc) is 2.87. The van der Waals surface area contributed by atoms with Crippen LogP contribution < -0.4 is 0 Å². The molecule has 0 unspecified atom stereocenters. The number of aliphatic hydroxyl groups excluding tert-OH is 1. The van der Waals surface area contributed by atoms with Gasteiger partial charge in [-0.1, -0.05) is 50.6 Å². The maximum Gasteiger partial charge on any atom is 0.0717 e. The van der Waals surface area contributed by atoms with E-state index in [9.17, 15) is 5.11 Å². The van der Waals surface area contributed by atoms with Crippen LogP contribution in [0, 0.1) is 23.2 Å². The highest BCUT2D eigenvalue weighted by molar-refractivity contribution is 5.13. The van der Waals surface area contributed by atoms with Crippen molar-refractivity contribution in [1.82, 2.24) is 0 Å². The van der Waals surface area contributed by atoms with Gasteiger partial charge in [-0.05, 0) is 54.4 Å². The van der Waals surface area contributed by atoms with Gasteiger partial charge in [0.15, 0.2) is 0 Å². The van der Waals surface area contributed by atoms with E-state index in [4.69, 9.17) is 4.74 Å². The Morgan fingerprint density at radius 2 is 2.00 bits per heavy atom. The Morgan fingerprint density at radius 3 is 2.77 bits per heavy atom. The predicted octanol–water partition coefficient (Wildman–Crippen LogP) is 4.42. The van der Waals surface area contributed by atoms with Crippen molar-refractivity contribution in [1.29, 1.82) is 0 Å². The van der Waals surface area contributed by atoms with Gasteiger partial charge >= 0.3 is 0 Å². The van der Waals surface area contributed by atoms with E-state index in [-0.39, 0.29) is 6.10 Å². The zero-order valence-electron chi connectivity index (χ0n) is 14.0. The normalized spacial score (nSPS) is 36.0. The maximum absolute atomic E-state index is 10.3. The Morgan fingerprint density at radius 1 is 1.23 bits per heavy atom. The molecule has 2 saturated carbocycles. The minimum Gasteiger partial charge on any atom is -0.393 e. The van der Waals surface area contributed by atoms with Crippen LogP contribution in [-0.2, 0) is 11.3 Å². The van der Waals surface area contributed by atoms with Gasteiger partial charge in [0.25, 0.3) is 0 Å². The van der Waals surface area contributed by atoms with Crippen molar-refractivity contribution in [2.45, 2.75) is 58.7 Å². The second-order valence-corrected chi connectivity index (χ2v) is 7.73. The van der Waals surface area contributed by atoms with Gasteiger partial charge in [-0.15, -0.1) is 0 Å². The summed E-state index contributed by atoms with van der Waals surface area (Å²) in [5, 5.41) is 10.3. The van der Waals surface area contributed by atoms with Gasteiger partial charge < -0.3 is 9.84 Å². The molecule has 0 amide bonds. The molecule has 0 heterocycles. The lowest BCUT2D eigenvalue weighted by Gasteiger charge is -2.45. The van der Waals surface area contributed by atoms with Gasteiger partial charge in [-0.2, -0.15) is 0 Å². The Labute approximate surface area is 134 Å². The van der Waals surface area contributed by atoms with Crippen LogP contribution in [0.1, 0.15) is 51.5 Å². The number of hydrogen-bond donors (Lipinski definition) is 1. The fraction of sp³-hybridized carbons (Fsp3) is 0.700. The molecule has 1 aromatic carbocycles. The first-order valence-electron chi connectivity index (χ1n) is 8.91. The summed E-state index contributed by atoms with van der Waals surface area (Å²) < 4.78 is 5.98. The summed E-state index contributed by atoms with van der Waals surface area (Å²) in [5.74, 6) is 1.79. The van der Waals surface area contributed by atoms with Gasteiger partial charge in [0.05, 0.1) is 12.7 Å². The molecule has 1 aromatic rings. The van der Waals surface area contributed by atoms with Crippen LogP contribution in [0.15, 0.2) is 30.3 Å². The standard InChI is InChI=1S/C20H30O2/c1-15(13-22-14-16-7-4-3-5-8-16)17-10-11-18-19(21)9-6-12-20(17,18)2/h3-5,7-8,15,17-19,21H,6,9-14H2,1-2H3/t15-,17-,18+,19+,20-/m1/s1. The zero-order valence-corrected chi connectivity index (χ0v) is 14.0. The van der Waals surface area contributed by atoms with E-state index in [0.29, 0.717) is 29.8 Å². The number of hydrogen-bond acceptors (Lipinski definition) is 2. The second-order valence-electron chi connectivity index (χ2n) is 7.73. The first-order chi connectivity index (χ1) is 10.6. The molecule has 2 nitrogen and oxygen atoms in total. The van der Waals surface area contributed by atoms with Crippen molar-refractivity contribution >= 4 is 0 Å². The maximum atomic E-state index is 10.3. The molecule has 1 N–H and O–H groups in total. The number of ether oxygens (including phenoxy) is 1. The van der Waals surface area contributed by atoms with Crippen LogP contribution in [0.3, 0.4) is 0 Å². The summed E-state index contributed by atoms with van der Waals surface area (Å²) in [7, 11) is 0. The lowest BCUT2D eigenvalue weighted by molar-refractivity contribution is -0.0387. The van der Waals surface area contributed by atoms with Crippen LogP contribution in [0.5, 0.6) is 0 Å². The molecule has 0 spiro atoms. The molecule has 0 aliphatic heterocycles. The Hall–Kier alpha value is -0.860. The van der Waals surface area contributed by atoms with Crippen LogP contribution >= 0.6 is 0 Å². The van der Waals surface area contributed by atoms with Crippen LogP contribution in [0.2, 0.25) is 0 Å². The lowest BCUT2D eigenvalue weighted by atomic mass is 9.62. The molecule has 0 bridgehead atoms. The van der Waals surface area contributed by atoms with Crippen molar-refractivity contribution in [3.8, 4) is 0 Å². The van der Waals surface area contributed by atoms with E-state index in [1.54, 1.807) is 0 Å². The van der Waals surface area contributed by atoms with Crippen LogP contribution in [0.25, 0.3) is 0 Å². The van der Waals surface area contributed by atoms with Gasteiger partial charge in [-0.3, -0.25) is 0 Å². The largest absolute Gasteiger partial charge is 0.393 e. The highest BCUT2D eigenvalue weighted by Crippen LogP contribution is 2.57. The Bertz CT molecular complexity index is 472. The van der Waals surface area contributed by atoms with E-state index >= 15 is 0 Å². The van der Waals surface area contributed by atoms with E-state index in [1.807, 2.05) is 6.07 Å². The van der Waals surface area contributed by atoms with Gasteiger partial charge in [0.2, 0.25) is 0 Å². The monoisotopic (exact) mass is 302 g/mol. The van der Waals surface area contributed by atoms with E-state index < -0.39 is 0 Å². The van der Waals surface area contributed by atoms with Crippen molar-refractivity contribution in [3.05, 3.63) is 35.9 Å².